The van der Waals surface area contributed by atoms with Crippen LogP contribution in [0.15, 0.2) is 24.3 Å². The zero-order valence-electron chi connectivity index (χ0n) is 7.72. The maximum Gasteiger partial charge on any atom is 0.120 e. The molecule has 3 nitrogen and oxygen atoms in total. The summed E-state index contributed by atoms with van der Waals surface area (Å²) in [6, 6.07) is 6.57. The van der Waals surface area contributed by atoms with Gasteiger partial charge in [0.15, 0.2) is 0 Å². The van der Waals surface area contributed by atoms with E-state index in [9.17, 15) is 9.59 Å². The minimum absolute atomic E-state index is 0.0643. The summed E-state index contributed by atoms with van der Waals surface area (Å²) in [4.78, 5) is 20.7. The summed E-state index contributed by atoms with van der Waals surface area (Å²) in [6.45, 7) is 0. The summed E-state index contributed by atoms with van der Waals surface area (Å²) < 4.78 is 0. The highest BCUT2D eigenvalue weighted by Gasteiger charge is 2.09. The Morgan fingerprint density at radius 1 is 1.07 bits per heavy atom. The molecule has 1 aromatic carbocycles. The van der Waals surface area contributed by atoms with Crippen molar-refractivity contribution in [2.75, 3.05) is 0 Å². The molecule has 0 radical (unpaired) electrons. The first kappa shape index (κ1) is 10.4. The van der Waals surface area contributed by atoms with E-state index >= 15 is 0 Å². The van der Waals surface area contributed by atoms with Crippen LogP contribution >= 0.6 is 0 Å². The third-order valence-electron chi connectivity index (χ3n) is 2.13. The topological polar surface area (TPSA) is 54.4 Å². The lowest BCUT2D eigenvalue weighted by Crippen LogP contribution is -2.00. The van der Waals surface area contributed by atoms with E-state index in [0.29, 0.717) is 12.8 Å². The van der Waals surface area contributed by atoms with Crippen molar-refractivity contribution in [3.8, 4) is 5.75 Å². The SMILES string of the molecule is O=CCC(CC=O)c1ccc(O)cc1. The van der Waals surface area contributed by atoms with Crippen LogP contribution in [0.4, 0.5) is 0 Å². The van der Waals surface area contributed by atoms with E-state index in [0.717, 1.165) is 18.1 Å². The van der Waals surface area contributed by atoms with Gasteiger partial charge in [-0.3, -0.25) is 0 Å². The van der Waals surface area contributed by atoms with Crippen LogP contribution in [-0.4, -0.2) is 17.7 Å². The Morgan fingerprint density at radius 3 is 2.00 bits per heavy atom. The molecule has 0 atom stereocenters. The molecule has 1 N–H and O–H groups in total. The third kappa shape index (κ3) is 2.69. The average Bonchev–Trinajstić information content (AvgIpc) is 2.19. The van der Waals surface area contributed by atoms with Crippen molar-refractivity contribution in [3.05, 3.63) is 29.8 Å². The molecule has 1 aromatic rings. The molecular weight excluding hydrogens is 180 g/mol. The number of carbonyl (C=O) groups excluding carboxylic acids is 2. The molecule has 0 unspecified atom stereocenters. The predicted molar refractivity (Wildman–Crippen MR) is 52.2 cm³/mol. The van der Waals surface area contributed by atoms with Gasteiger partial charge in [-0.25, -0.2) is 0 Å². The van der Waals surface area contributed by atoms with Crippen LogP contribution in [0.25, 0.3) is 0 Å². The molecule has 14 heavy (non-hydrogen) atoms. The van der Waals surface area contributed by atoms with Crippen LogP contribution in [0, 0.1) is 0 Å². The van der Waals surface area contributed by atoms with E-state index in [1.165, 1.54) is 0 Å². The minimum atomic E-state index is -0.0643. The molecular formula is C11H12O3. The molecule has 0 saturated heterocycles. The number of hydrogen-bond donors (Lipinski definition) is 1. The van der Waals surface area contributed by atoms with Gasteiger partial charge in [0.1, 0.15) is 18.3 Å². The molecule has 0 aromatic heterocycles. The Bertz CT molecular complexity index is 293. The van der Waals surface area contributed by atoms with Crippen LogP contribution < -0.4 is 0 Å². The first-order valence-electron chi connectivity index (χ1n) is 4.44. The van der Waals surface area contributed by atoms with Gasteiger partial charge in [0.2, 0.25) is 0 Å². The smallest absolute Gasteiger partial charge is 0.120 e. The fraction of sp³-hybridized carbons (Fsp3) is 0.273. The van der Waals surface area contributed by atoms with Gasteiger partial charge in [-0.15, -0.1) is 0 Å². The van der Waals surface area contributed by atoms with Gasteiger partial charge in [-0.2, -0.15) is 0 Å². The van der Waals surface area contributed by atoms with Crippen molar-refractivity contribution >= 4 is 12.6 Å². The van der Waals surface area contributed by atoms with E-state index in [4.69, 9.17) is 5.11 Å². The van der Waals surface area contributed by atoms with Gasteiger partial charge in [0.05, 0.1) is 0 Å². The lowest BCUT2D eigenvalue weighted by Gasteiger charge is -2.10. The number of rotatable bonds is 5. The van der Waals surface area contributed by atoms with Gasteiger partial charge in [0, 0.05) is 12.8 Å². The number of aromatic hydroxyl groups is 1. The Hall–Kier alpha value is -1.64. The van der Waals surface area contributed by atoms with Crippen molar-refractivity contribution in [2.24, 2.45) is 0 Å². The fourth-order valence-corrected chi connectivity index (χ4v) is 1.35. The Kier molecular flexibility index (Phi) is 3.85. The second-order valence-electron chi connectivity index (χ2n) is 3.09. The highest BCUT2D eigenvalue weighted by Crippen LogP contribution is 2.23. The summed E-state index contributed by atoms with van der Waals surface area (Å²) in [5.74, 6) is 0.121. The van der Waals surface area contributed by atoms with Gasteiger partial charge in [0.25, 0.3) is 0 Å². The second kappa shape index (κ2) is 5.17. The Labute approximate surface area is 82.4 Å². The van der Waals surface area contributed by atoms with Gasteiger partial charge in [-0.1, -0.05) is 12.1 Å². The fourth-order valence-electron chi connectivity index (χ4n) is 1.35. The monoisotopic (exact) mass is 192 g/mol. The van der Waals surface area contributed by atoms with Crippen LogP contribution in [0.5, 0.6) is 5.75 Å². The number of aldehydes is 2. The van der Waals surface area contributed by atoms with Crippen molar-refractivity contribution in [2.45, 2.75) is 18.8 Å². The van der Waals surface area contributed by atoms with Crippen molar-refractivity contribution in [3.63, 3.8) is 0 Å². The molecule has 0 heterocycles. The molecule has 0 saturated carbocycles. The standard InChI is InChI=1S/C11H12O3/c12-7-5-10(6-8-13)9-1-3-11(14)4-2-9/h1-4,7-8,10,14H,5-6H2. The van der Waals surface area contributed by atoms with Crippen LogP contribution in [0.2, 0.25) is 0 Å². The van der Waals surface area contributed by atoms with Crippen molar-refractivity contribution < 1.29 is 14.7 Å². The molecule has 0 aliphatic heterocycles. The van der Waals surface area contributed by atoms with Gasteiger partial charge in [-0.05, 0) is 23.6 Å². The molecule has 0 spiro atoms. The quantitative estimate of drug-likeness (QED) is 0.722. The number of phenols is 1. The predicted octanol–water partition coefficient (Wildman–Crippen LogP) is 1.65. The van der Waals surface area contributed by atoms with E-state index in [1.54, 1.807) is 24.3 Å². The highest BCUT2D eigenvalue weighted by atomic mass is 16.3. The van der Waals surface area contributed by atoms with E-state index < -0.39 is 0 Å². The maximum absolute atomic E-state index is 10.4. The van der Waals surface area contributed by atoms with E-state index in [2.05, 4.69) is 0 Å². The molecule has 1 rings (SSSR count). The summed E-state index contributed by atoms with van der Waals surface area (Å²) in [5.41, 5.74) is 0.905. The lowest BCUT2D eigenvalue weighted by atomic mass is 9.94. The summed E-state index contributed by atoms with van der Waals surface area (Å²) >= 11 is 0. The summed E-state index contributed by atoms with van der Waals surface area (Å²) in [5, 5.41) is 9.06. The average molecular weight is 192 g/mol. The molecule has 0 amide bonds. The van der Waals surface area contributed by atoms with E-state index in [-0.39, 0.29) is 11.7 Å². The third-order valence-corrected chi connectivity index (χ3v) is 2.13. The number of phenolic OH excluding ortho intramolecular Hbond substituents is 1. The molecule has 0 bridgehead atoms. The first-order valence-corrected chi connectivity index (χ1v) is 4.44. The number of hydrogen-bond acceptors (Lipinski definition) is 3. The van der Waals surface area contributed by atoms with Crippen LogP contribution in [0.3, 0.4) is 0 Å². The highest BCUT2D eigenvalue weighted by molar-refractivity contribution is 5.57. The molecule has 0 aliphatic carbocycles. The molecule has 74 valence electrons. The number of benzene rings is 1. The lowest BCUT2D eigenvalue weighted by molar-refractivity contribution is -0.109. The second-order valence-corrected chi connectivity index (χ2v) is 3.09. The largest absolute Gasteiger partial charge is 0.508 e. The molecule has 3 heteroatoms. The summed E-state index contributed by atoms with van der Waals surface area (Å²) in [7, 11) is 0. The molecule has 0 aliphatic rings. The Balaban J connectivity index is 2.80. The van der Waals surface area contributed by atoms with Crippen molar-refractivity contribution in [1.82, 2.24) is 0 Å². The van der Waals surface area contributed by atoms with Gasteiger partial charge >= 0.3 is 0 Å². The summed E-state index contributed by atoms with van der Waals surface area (Å²) in [6.07, 6.45) is 2.29. The van der Waals surface area contributed by atoms with Gasteiger partial charge < -0.3 is 14.7 Å². The maximum atomic E-state index is 10.4. The zero-order chi connectivity index (χ0) is 10.4. The molecule has 0 fully saturated rings. The van der Waals surface area contributed by atoms with Crippen LogP contribution in [-0.2, 0) is 9.59 Å². The Morgan fingerprint density at radius 2 is 1.57 bits per heavy atom. The van der Waals surface area contributed by atoms with E-state index in [1.807, 2.05) is 0 Å². The number of carbonyl (C=O) groups is 2. The minimum Gasteiger partial charge on any atom is -0.508 e. The van der Waals surface area contributed by atoms with Crippen molar-refractivity contribution in [1.29, 1.82) is 0 Å². The first-order chi connectivity index (χ1) is 6.77. The zero-order valence-corrected chi connectivity index (χ0v) is 7.72. The van der Waals surface area contributed by atoms with Crippen LogP contribution in [0.1, 0.15) is 24.3 Å². The normalized spacial score (nSPS) is 10.1.